The summed E-state index contributed by atoms with van der Waals surface area (Å²) in [5.41, 5.74) is 1.23. The van der Waals surface area contributed by atoms with Gasteiger partial charge in [-0.2, -0.15) is 0 Å². The summed E-state index contributed by atoms with van der Waals surface area (Å²) < 4.78 is 0. The Labute approximate surface area is 95.6 Å². The van der Waals surface area contributed by atoms with Crippen LogP contribution in [-0.4, -0.2) is 9.97 Å². The highest BCUT2D eigenvalue weighted by Crippen LogP contribution is 2.17. The van der Waals surface area contributed by atoms with Crippen LogP contribution in [0.4, 0.5) is 11.6 Å². The van der Waals surface area contributed by atoms with E-state index < -0.39 is 0 Å². The fraction of sp³-hybridized carbons (Fsp3) is 0.231. The second-order valence-electron chi connectivity index (χ2n) is 3.60. The zero-order valence-corrected chi connectivity index (χ0v) is 9.35. The molecule has 0 aliphatic heterocycles. The standard InChI is InChI=1S/C13H15N3/c1-2-6-11-7-5-10-15-13(11)16-12-8-3-4-9-14-12/h3-5,7-10H,2,6H2,1H3,(H,14,15,16). The maximum Gasteiger partial charge on any atom is 0.134 e. The Bertz CT molecular complexity index is 440. The van der Waals surface area contributed by atoms with Gasteiger partial charge in [0.2, 0.25) is 0 Å². The van der Waals surface area contributed by atoms with E-state index in [4.69, 9.17) is 0 Å². The van der Waals surface area contributed by atoms with Gasteiger partial charge in [-0.25, -0.2) is 9.97 Å². The van der Waals surface area contributed by atoms with Gasteiger partial charge in [0, 0.05) is 12.4 Å². The van der Waals surface area contributed by atoms with E-state index in [-0.39, 0.29) is 0 Å². The summed E-state index contributed by atoms with van der Waals surface area (Å²) in [5, 5.41) is 3.24. The number of pyridine rings is 2. The first kappa shape index (κ1) is 10.6. The van der Waals surface area contributed by atoms with Crippen molar-refractivity contribution in [1.82, 2.24) is 9.97 Å². The molecule has 0 aliphatic rings. The molecule has 0 radical (unpaired) electrons. The van der Waals surface area contributed by atoms with Crippen LogP contribution in [0.1, 0.15) is 18.9 Å². The molecule has 0 fully saturated rings. The first-order valence-electron chi connectivity index (χ1n) is 5.52. The summed E-state index contributed by atoms with van der Waals surface area (Å²) in [6.07, 6.45) is 5.71. The molecule has 2 heterocycles. The molecule has 0 spiro atoms. The average molecular weight is 213 g/mol. The van der Waals surface area contributed by atoms with E-state index >= 15 is 0 Å². The van der Waals surface area contributed by atoms with Crippen molar-refractivity contribution in [2.75, 3.05) is 5.32 Å². The highest BCUT2D eigenvalue weighted by atomic mass is 15.0. The van der Waals surface area contributed by atoms with Gasteiger partial charge in [0.1, 0.15) is 11.6 Å². The zero-order chi connectivity index (χ0) is 11.2. The Morgan fingerprint density at radius 1 is 1.06 bits per heavy atom. The Balaban J connectivity index is 2.21. The van der Waals surface area contributed by atoms with Crippen molar-refractivity contribution in [3.05, 3.63) is 48.3 Å². The molecule has 3 nitrogen and oxygen atoms in total. The molecule has 3 heteroatoms. The first-order valence-corrected chi connectivity index (χ1v) is 5.52. The zero-order valence-electron chi connectivity index (χ0n) is 9.35. The third kappa shape index (κ3) is 2.57. The Morgan fingerprint density at radius 2 is 1.94 bits per heavy atom. The number of aromatic nitrogens is 2. The van der Waals surface area contributed by atoms with E-state index in [2.05, 4.69) is 28.3 Å². The first-order chi connectivity index (χ1) is 7.90. The molecule has 0 aromatic carbocycles. The molecule has 82 valence electrons. The van der Waals surface area contributed by atoms with Gasteiger partial charge < -0.3 is 5.32 Å². The molecule has 0 atom stereocenters. The van der Waals surface area contributed by atoms with Gasteiger partial charge in [0.15, 0.2) is 0 Å². The van der Waals surface area contributed by atoms with Crippen molar-refractivity contribution in [2.45, 2.75) is 19.8 Å². The van der Waals surface area contributed by atoms with Gasteiger partial charge >= 0.3 is 0 Å². The van der Waals surface area contributed by atoms with Crippen LogP contribution in [-0.2, 0) is 6.42 Å². The molecule has 2 aromatic heterocycles. The SMILES string of the molecule is CCCc1cccnc1Nc1ccccn1. The molecular weight excluding hydrogens is 198 g/mol. The third-order valence-electron chi connectivity index (χ3n) is 2.32. The molecule has 0 bridgehead atoms. The lowest BCUT2D eigenvalue weighted by Crippen LogP contribution is -1.99. The van der Waals surface area contributed by atoms with E-state index in [0.717, 1.165) is 24.5 Å². The molecule has 0 aliphatic carbocycles. The largest absolute Gasteiger partial charge is 0.325 e. The summed E-state index contributed by atoms with van der Waals surface area (Å²) in [5.74, 6) is 1.74. The Morgan fingerprint density at radius 3 is 2.69 bits per heavy atom. The lowest BCUT2D eigenvalue weighted by Gasteiger charge is -2.08. The smallest absolute Gasteiger partial charge is 0.134 e. The topological polar surface area (TPSA) is 37.8 Å². The minimum atomic E-state index is 0.832. The maximum atomic E-state index is 4.34. The minimum Gasteiger partial charge on any atom is -0.325 e. The normalized spacial score (nSPS) is 10.1. The molecule has 0 unspecified atom stereocenters. The molecular formula is C13H15N3. The van der Waals surface area contributed by atoms with Gasteiger partial charge in [-0.3, -0.25) is 0 Å². The molecule has 1 N–H and O–H groups in total. The molecule has 0 saturated heterocycles. The molecule has 0 saturated carbocycles. The Hall–Kier alpha value is -1.90. The number of anilines is 2. The predicted molar refractivity (Wildman–Crippen MR) is 65.8 cm³/mol. The molecule has 0 amide bonds. The van der Waals surface area contributed by atoms with Crippen molar-refractivity contribution in [1.29, 1.82) is 0 Å². The molecule has 16 heavy (non-hydrogen) atoms. The van der Waals surface area contributed by atoms with E-state index in [1.54, 1.807) is 12.4 Å². The number of nitrogens with one attached hydrogen (secondary N) is 1. The summed E-state index contributed by atoms with van der Waals surface area (Å²) in [6, 6.07) is 9.86. The lowest BCUT2D eigenvalue weighted by atomic mass is 10.1. The number of hydrogen-bond acceptors (Lipinski definition) is 3. The van der Waals surface area contributed by atoms with Crippen molar-refractivity contribution in [3.8, 4) is 0 Å². The fourth-order valence-corrected chi connectivity index (χ4v) is 1.58. The fourth-order valence-electron chi connectivity index (χ4n) is 1.58. The van der Waals surface area contributed by atoms with E-state index in [1.807, 2.05) is 24.3 Å². The van der Waals surface area contributed by atoms with Gasteiger partial charge in [-0.15, -0.1) is 0 Å². The highest BCUT2D eigenvalue weighted by molar-refractivity contribution is 5.55. The lowest BCUT2D eigenvalue weighted by molar-refractivity contribution is 0.916. The van der Waals surface area contributed by atoms with Crippen LogP contribution in [0.3, 0.4) is 0 Å². The van der Waals surface area contributed by atoms with Gasteiger partial charge in [-0.05, 0) is 30.2 Å². The maximum absolute atomic E-state index is 4.34. The van der Waals surface area contributed by atoms with Crippen LogP contribution >= 0.6 is 0 Å². The second-order valence-corrected chi connectivity index (χ2v) is 3.60. The molecule has 2 rings (SSSR count). The van der Waals surface area contributed by atoms with Gasteiger partial charge in [0.25, 0.3) is 0 Å². The number of nitrogens with zero attached hydrogens (tertiary/aromatic N) is 2. The van der Waals surface area contributed by atoms with Gasteiger partial charge in [-0.1, -0.05) is 25.5 Å². The second kappa shape index (κ2) is 5.26. The van der Waals surface area contributed by atoms with E-state index in [9.17, 15) is 0 Å². The summed E-state index contributed by atoms with van der Waals surface area (Å²) >= 11 is 0. The predicted octanol–water partition coefficient (Wildman–Crippen LogP) is 3.17. The summed E-state index contributed by atoms with van der Waals surface area (Å²) in [6.45, 7) is 2.16. The van der Waals surface area contributed by atoms with Crippen molar-refractivity contribution in [2.24, 2.45) is 0 Å². The highest BCUT2D eigenvalue weighted by Gasteiger charge is 2.02. The third-order valence-corrected chi connectivity index (χ3v) is 2.32. The van der Waals surface area contributed by atoms with Crippen molar-refractivity contribution >= 4 is 11.6 Å². The minimum absolute atomic E-state index is 0.832. The van der Waals surface area contributed by atoms with E-state index in [0.29, 0.717) is 0 Å². The van der Waals surface area contributed by atoms with Crippen molar-refractivity contribution < 1.29 is 0 Å². The van der Waals surface area contributed by atoms with Crippen LogP contribution in [0, 0.1) is 0 Å². The quantitative estimate of drug-likeness (QED) is 0.847. The summed E-state index contributed by atoms with van der Waals surface area (Å²) in [7, 11) is 0. The van der Waals surface area contributed by atoms with Crippen LogP contribution in [0.25, 0.3) is 0 Å². The van der Waals surface area contributed by atoms with Crippen molar-refractivity contribution in [3.63, 3.8) is 0 Å². The number of aryl methyl sites for hydroxylation is 1. The van der Waals surface area contributed by atoms with Crippen LogP contribution in [0.15, 0.2) is 42.7 Å². The Kier molecular flexibility index (Phi) is 3.49. The number of rotatable bonds is 4. The van der Waals surface area contributed by atoms with Crippen LogP contribution in [0.5, 0.6) is 0 Å². The molecule has 2 aromatic rings. The number of hydrogen-bond donors (Lipinski definition) is 1. The monoisotopic (exact) mass is 213 g/mol. The average Bonchev–Trinajstić information content (AvgIpc) is 2.33. The van der Waals surface area contributed by atoms with Crippen LogP contribution in [0.2, 0.25) is 0 Å². The van der Waals surface area contributed by atoms with Crippen LogP contribution < -0.4 is 5.32 Å². The van der Waals surface area contributed by atoms with E-state index in [1.165, 1.54) is 5.56 Å². The van der Waals surface area contributed by atoms with Gasteiger partial charge in [0.05, 0.1) is 0 Å². The summed E-state index contributed by atoms with van der Waals surface area (Å²) in [4.78, 5) is 8.57.